The summed E-state index contributed by atoms with van der Waals surface area (Å²) in [5, 5.41) is 11.5. The summed E-state index contributed by atoms with van der Waals surface area (Å²) in [6.45, 7) is 1.71. The van der Waals surface area contributed by atoms with Crippen molar-refractivity contribution in [3.63, 3.8) is 0 Å². The van der Waals surface area contributed by atoms with Crippen LogP contribution in [0.1, 0.15) is 17.5 Å². The molecule has 0 saturated carbocycles. The van der Waals surface area contributed by atoms with Gasteiger partial charge >= 0.3 is 0 Å². The van der Waals surface area contributed by atoms with E-state index in [1.807, 2.05) is 0 Å². The number of rotatable bonds is 4. The van der Waals surface area contributed by atoms with Crippen LogP contribution in [-0.2, 0) is 12.8 Å². The molecule has 0 aliphatic carbocycles. The van der Waals surface area contributed by atoms with Crippen molar-refractivity contribution in [2.24, 2.45) is 0 Å². The number of aliphatic hydroxyl groups excluding tert-OH is 1. The zero-order valence-electron chi connectivity index (χ0n) is 8.83. The number of aliphatic hydroxyl groups is 1. The Labute approximate surface area is 90.1 Å². The molecule has 0 spiro atoms. The van der Waals surface area contributed by atoms with Gasteiger partial charge in [-0.2, -0.15) is 0 Å². The van der Waals surface area contributed by atoms with Gasteiger partial charge in [0.15, 0.2) is 0 Å². The van der Waals surface area contributed by atoms with E-state index in [-0.39, 0.29) is 6.73 Å². The second-order valence-electron chi connectivity index (χ2n) is 3.80. The first-order valence-electron chi connectivity index (χ1n) is 5.46. The molecule has 0 amide bonds. The number of nitrogens with one attached hydrogen (secondary N) is 1. The molecule has 82 valence electrons. The fraction of sp³-hybridized carbons (Fsp3) is 0.500. The molecule has 0 aromatic heterocycles. The summed E-state index contributed by atoms with van der Waals surface area (Å²) < 4.78 is 5.55. The lowest BCUT2D eigenvalue weighted by molar-refractivity contribution is 0.262. The predicted molar refractivity (Wildman–Crippen MR) is 59.1 cm³/mol. The van der Waals surface area contributed by atoms with Gasteiger partial charge in [-0.1, -0.05) is 12.1 Å². The summed E-state index contributed by atoms with van der Waals surface area (Å²) in [5.74, 6) is 1.04. The maximum absolute atomic E-state index is 8.61. The summed E-state index contributed by atoms with van der Waals surface area (Å²) in [4.78, 5) is 0. The van der Waals surface area contributed by atoms with Crippen molar-refractivity contribution in [2.45, 2.75) is 19.3 Å². The smallest absolute Gasteiger partial charge is 0.122 e. The van der Waals surface area contributed by atoms with Gasteiger partial charge in [-0.15, -0.1) is 0 Å². The van der Waals surface area contributed by atoms with E-state index in [4.69, 9.17) is 9.84 Å². The Morgan fingerprint density at radius 2 is 2.33 bits per heavy atom. The second-order valence-corrected chi connectivity index (χ2v) is 3.80. The van der Waals surface area contributed by atoms with E-state index < -0.39 is 0 Å². The lowest BCUT2D eigenvalue weighted by atomic mass is 10.0. The lowest BCUT2D eigenvalue weighted by Crippen LogP contribution is -2.18. The molecule has 0 saturated heterocycles. The third-order valence-corrected chi connectivity index (χ3v) is 2.68. The van der Waals surface area contributed by atoms with Gasteiger partial charge in [0.25, 0.3) is 0 Å². The van der Waals surface area contributed by atoms with Crippen molar-refractivity contribution in [3.05, 3.63) is 29.3 Å². The molecular weight excluding hydrogens is 190 g/mol. The summed E-state index contributed by atoms with van der Waals surface area (Å²) in [6, 6.07) is 6.37. The first kappa shape index (κ1) is 10.5. The van der Waals surface area contributed by atoms with E-state index in [2.05, 4.69) is 23.5 Å². The van der Waals surface area contributed by atoms with Gasteiger partial charge in [-0.3, -0.25) is 5.32 Å². The van der Waals surface area contributed by atoms with Crippen LogP contribution in [0, 0.1) is 0 Å². The van der Waals surface area contributed by atoms with Gasteiger partial charge in [-0.25, -0.2) is 0 Å². The van der Waals surface area contributed by atoms with Crippen LogP contribution in [0.3, 0.4) is 0 Å². The summed E-state index contributed by atoms with van der Waals surface area (Å²) in [7, 11) is 0. The van der Waals surface area contributed by atoms with Crippen molar-refractivity contribution in [2.75, 3.05) is 19.9 Å². The number of benzene rings is 1. The van der Waals surface area contributed by atoms with E-state index in [0.717, 1.165) is 38.2 Å². The highest BCUT2D eigenvalue weighted by atomic mass is 16.5. The van der Waals surface area contributed by atoms with Crippen molar-refractivity contribution in [1.29, 1.82) is 0 Å². The Kier molecular flexibility index (Phi) is 3.59. The fourth-order valence-electron chi connectivity index (χ4n) is 1.88. The predicted octanol–water partition coefficient (Wildman–Crippen LogP) is 1.09. The largest absolute Gasteiger partial charge is 0.493 e. The van der Waals surface area contributed by atoms with E-state index in [1.165, 1.54) is 11.1 Å². The third-order valence-electron chi connectivity index (χ3n) is 2.68. The average molecular weight is 207 g/mol. The highest BCUT2D eigenvalue weighted by molar-refractivity contribution is 5.38. The minimum absolute atomic E-state index is 0.0497. The molecule has 2 rings (SSSR count). The molecule has 1 aromatic rings. The van der Waals surface area contributed by atoms with Gasteiger partial charge in [0.05, 0.1) is 13.3 Å². The van der Waals surface area contributed by atoms with Crippen LogP contribution >= 0.6 is 0 Å². The molecular formula is C12H17NO2. The Bertz CT molecular complexity index is 325. The SMILES string of the molecule is OCNCCc1ccc2c(c1)CCCO2. The maximum atomic E-state index is 8.61. The summed E-state index contributed by atoms with van der Waals surface area (Å²) in [5.41, 5.74) is 2.63. The number of aryl methyl sites for hydroxylation is 1. The van der Waals surface area contributed by atoms with E-state index >= 15 is 0 Å². The molecule has 3 heteroatoms. The van der Waals surface area contributed by atoms with Crippen molar-refractivity contribution < 1.29 is 9.84 Å². The molecule has 0 radical (unpaired) electrons. The molecule has 0 fully saturated rings. The summed E-state index contributed by atoms with van der Waals surface area (Å²) >= 11 is 0. The maximum Gasteiger partial charge on any atom is 0.122 e. The van der Waals surface area contributed by atoms with Gasteiger partial charge in [0, 0.05) is 6.54 Å². The van der Waals surface area contributed by atoms with Crippen LogP contribution in [0.25, 0.3) is 0 Å². The minimum Gasteiger partial charge on any atom is -0.493 e. The average Bonchev–Trinajstić information content (AvgIpc) is 2.29. The first-order chi connectivity index (χ1) is 7.40. The molecule has 1 aliphatic heterocycles. The zero-order valence-corrected chi connectivity index (χ0v) is 8.83. The quantitative estimate of drug-likeness (QED) is 0.573. The van der Waals surface area contributed by atoms with Gasteiger partial charge < -0.3 is 9.84 Å². The Hall–Kier alpha value is -1.06. The van der Waals surface area contributed by atoms with Crippen LogP contribution in [-0.4, -0.2) is 25.0 Å². The number of fused-ring (bicyclic) bond motifs is 1. The standard InChI is InChI=1S/C12H17NO2/c14-9-13-6-5-10-3-4-12-11(8-10)2-1-7-15-12/h3-4,8,13-14H,1-2,5-7,9H2. The molecule has 0 unspecified atom stereocenters. The van der Waals surface area contributed by atoms with E-state index in [0.29, 0.717) is 0 Å². The zero-order chi connectivity index (χ0) is 10.5. The van der Waals surface area contributed by atoms with Crippen molar-refractivity contribution >= 4 is 0 Å². The highest BCUT2D eigenvalue weighted by Crippen LogP contribution is 2.25. The molecule has 15 heavy (non-hydrogen) atoms. The molecule has 3 nitrogen and oxygen atoms in total. The number of ether oxygens (including phenoxy) is 1. The second kappa shape index (κ2) is 5.14. The molecule has 1 aliphatic rings. The molecule has 1 aromatic carbocycles. The first-order valence-corrected chi connectivity index (χ1v) is 5.46. The van der Waals surface area contributed by atoms with E-state index in [1.54, 1.807) is 0 Å². The van der Waals surface area contributed by atoms with Crippen LogP contribution in [0.5, 0.6) is 5.75 Å². The highest BCUT2D eigenvalue weighted by Gasteiger charge is 2.09. The third kappa shape index (κ3) is 2.70. The van der Waals surface area contributed by atoms with Crippen LogP contribution in [0.4, 0.5) is 0 Å². The van der Waals surface area contributed by atoms with Crippen molar-refractivity contribution in [1.82, 2.24) is 5.32 Å². The van der Waals surface area contributed by atoms with E-state index in [9.17, 15) is 0 Å². The number of hydrogen-bond acceptors (Lipinski definition) is 3. The normalized spacial score (nSPS) is 14.5. The Morgan fingerprint density at radius 1 is 1.40 bits per heavy atom. The van der Waals surface area contributed by atoms with Gasteiger partial charge in [0.2, 0.25) is 0 Å². The molecule has 2 N–H and O–H groups in total. The lowest BCUT2D eigenvalue weighted by Gasteiger charge is -2.17. The minimum atomic E-state index is 0.0497. The molecule has 1 heterocycles. The van der Waals surface area contributed by atoms with Crippen LogP contribution in [0.2, 0.25) is 0 Å². The van der Waals surface area contributed by atoms with Crippen LogP contribution in [0.15, 0.2) is 18.2 Å². The van der Waals surface area contributed by atoms with Gasteiger partial charge in [0.1, 0.15) is 5.75 Å². The summed E-state index contributed by atoms with van der Waals surface area (Å²) in [6.07, 6.45) is 3.19. The topological polar surface area (TPSA) is 41.5 Å². The Balaban J connectivity index is 2.00. The number of hydrogen-bond donors (Lipinski definition) is 2. The van der Waals surface area contributed by atoms with Gasteiger partial charge in [-0.05, 0) is 36.5 Å². The monoisotopic (exact) mass is 207 g/mol. The van der Waals surface area contributed by atoms with Crippen LogP contribution < -0.4 is 10.1 Å². The molecule has 0 atom stereocenters. The molecule has 0 bridgehead atoms. The van der Waals surface area contributed by atoms with Crippen molar-refractivity contribution in [3.8, 4) is 5.75 Å². The Morgan fingerprint density at radius 3 is 3.20 bits per heavy atom. The fourth-order valence-corrected chi connectivity index (χ4v) is 1.88.